The van der Waals surface area contributed by atoms with Gasteiger partial charge in [0.25, 0.3) is 5.56 Å². The number of halogens is 1. The van der Waals surface area contributed by atoms with E-state index < -0.39 is 11.2 Å². The van der Waals surface area contributed by atoms with E-state index in [1.165, 1.54) is 0 Å². The van der Waals surface area contributed by atoms with E-state index >= 15 is 0 Å². The second-order valence-corrected chi connectivity index (χ2v) is 2.11. The van der Waals surface area contributed by atoms with E-state index in [1.807, 2.05) is 4.98 Å². The zero-order chi connectivity index (χ0) is 7.56. The average Bonchev–Trinajstić information content (AvgIpc) is 1.88. The summed E-state index contributed by atoms with van der Waals surface area (Å²) in [5.41, 5.74) is -1.35. The van der Waals surface area contributed by atoms with Crippen molar-refractivity contribution in [1.82, 2.24) is 9.97 Å². The molecule has 10 heavy (non-hydrogen) atoms. The maximum Gasteiger partial charge on any atom is 0.325 e. The first-order valence-corrected chi connectivity index (χ1v) is 3.06. The van der Waals surface area contributed by atoms with Gasteiger partial charge in [-0.3, -0.25) is 9.78 Å². The Bertz CT molecular complexity index is 331. The van der Waals surface area contributed by atoms with Crippen molar-refractivity contribution in [3.8, 4) is 0 Å². The van der Waals surface area contributed by atoms with Crippen LogP contribution in [0.2, 0.25) is 0 Å². The van der Waals surface area contributed by atoms with Crippen molar-refractivity contribution in [2.45, 2.75) is 4.90 Å². The van der Waals surface area contributed by atoms with Gasteiger partial charge in [0.2, 0.25) is 0 Å². The second-order valence-electron chi connectivity index (χ2n) is 1.51. The number of nitrogens with one attached hydrogen (secondary N) is 2. The van der Waals surface area contributed by atoms with Gasteiger partial charge in [-0.15, -0.1) is 0 Å². The van der Waals surface area contributed by atoms with Crippen LogP contribution in [0.4, 0.5) is 3.89 Å². The first kappa shape index (κ1) is 7.07. The summed E-state index contributed by atoms with van der Waals surface area (Å²) in [5.74, 6) is 0. The van der Waals surface area contributed by atoms with Gasteiger partial charge < -0.3 is 4.98 Å². The molecule has 4 nitrogen and oxygen atoms in total. The molecule has 0 aliphatic rings. The third kappa shape index (κ3) is 1.27. The van der Waals surface area contributed by atoms with Crippen LogP contribution in [0.3, 0.4) is 0 Å². The zero-order valence-corrected chi connectivity index (χ0v) is 5.50. The molecule has 0 aliphatic heterocycles. The quantitative estimate of drug-likeness (QED) is 0.612. The minimum Gasteiger partial charge on any atom is -0.313 e. The number of rotatable bonds is 1. The van der Waals surface area contributed by atoms with Crippen LogP contribution in [0, 0.1) is 0 Å². The van der Waals surface area contributed by atoms with Crippen molar-refractivity contribution in [3.63, 3.8) is 0 Å². The van der Waals surface area contributed by atoms with E-state index in [1.54, 1.807) is 0 Å². The largest absolute Gasteiger partial charge is 0.325 e. The Kier molecular flexibility index (Phi) is 1.91. The molecule has 6 heteroatoms. The second kappa shape index (κ2) is 2.70. The van der Waals surface area contributed by atoms with Gasteiger partial charge in [0.15, 0.2) is 0 Å². The summed E-state index contributed by atoms with van der Waals surface area (Å²) >= 11 is -0.210. The summed E-state index contributed by atoms with van der Waals surface area (Å²) in [4.78, 5) is 24.7. The minimum absolute atomic E-state index is 0.153. The molecule has 1 rings (SSSR count). The van der Waals surface area contributed by atoms with Gasteiger partial charge in [-0.25, -0.2) is 4.79 Å². The van der Waals surface area contributed by atoms with Crippen molar-refractivity contribution in [3.05, 3.63) is 27.0 Å². The average molecular weight is 162 g/mol. The predicted molar refractivity (Wildman–Crippen MR) is 34.6 cm³/mol. The van der Waals surface area contributed by atoms with Crippen molar-refractivity contribution in [2.75, 3.05) is 0 Å². The van der Waals surface area contributed by atoms with E-state index in [0.717, 1.165) is 6.20 Å². The van der Waals surface area contributed by atoms with Gasteiger partial charge >= 0.3 is 5.69 Å². The van der Waals surface area contributed by atoms with Crippen LogP contribution in [0.1, 0.15) is 0 Å². The molecule has 0 amide bonds. The van der Waals surface area contributed by atoms with Crippen LogP contribution in [0.25, 0.3) is 0 Å². The summed E-state index contributed by atoms with van der Waals surface area (Å²) in [7, 11) is 0. The summed E-state index contributed by atoms with van der Waals surface area (Å²) in [5, 5.41) is 0. The van der Waals surface area contributed by atoms with Crippen LogP contribution >= 0.6 is 12.1 Å². The fraction of sp³-hybridized carbons (Fsp3) is 0. The fourth-order valence-corrected chi connectivity index (χ4v) is 0.679. The molecule has 0 spiro atoms. The molecule has 54 valence electrons. The van der Waals surface area contributed by atoms with Crippen molar-refractivity contribution < 1.29 is 3.89 Å². The maximum atomic E-state index is 11.7. The van der Waals surface area contributed by atoms with Crippen LogP contribution in [-0.4, -0.2) is 9.97 Å². The molecule has 1 heterocycles. The van der Waals surface area contributed by atoms with Crippen LogP contribution < -0.4 is 11.2 Å². The molecule has 0 bridgehead atoms. The Hall–Kier alpha value is -1.04. The Balaban J connectivity index is 3.34. The van der Waals surface area contributed by atoms with E-state index in [2.05, 4.69) is 4.98 Å². The predicted octanol–water partition coefficient (Wildman–Crippen LogP) is 0.0398. The van der Waals surface area contributed by atoms with E-state index in [0.29, 0.717) is 0 Å². The van der Waals surface area contributed by atoms with Crippen molar-refractivity contribution in [2.24, 2.45) is 0 Å². The maximum absolute atomic E-state index is 11.7. The fourth-order valence-electron chi connectivity index (χ4n) is 0.455. The Morgan fingerprint density at radius 3 is 2.70 bits per heavy atom. The topological polar surface area (TPSA) is 65.7 Å². The molecule has 0 atom stereocenters. The molecular formula is C4H3FN2O2S. The molecule has 0 saturated carbocycles. The third-order valence-electron chi connectivity index (χ3n) is 0.868. The van der Waals surface area contributed by atoms with Crippen LogP contribution in [0.5, 0.6) is 0 Å². The standard InChI is InChI=1S/C4H3FN2O2S/c5-10-2-1-6-4(9)7-3(2)8/h1H,(H2,6,7,8,9). The highest BCUT2D eigenvalue weighted by Gasteiger charge is 1.98. The summed E-state index contributed by atoms with van der Waals surface area (Å²) in [6.07, 6.45) is 1.02. The molecular weight excluding hydrogens is 159 g/mol. The van der Waals surface area contributed by atoms with Gasteiger partial charge in [0.1, 0.15) is 4.90 Å². The van der Waals surface area contributed by atoms with Crippen molar-refractivity contribution >= 4 is 12.1 Å². The Morgan fingerprint density at radius 1 is 1.50 bits per heavy atom. The molecule has 0 fully saturated rings. The summed E-state index contributed by atoms with van der Waals surface area (Å²) in [6, 6.07) is 0. The van der Waals surface area contributed by atoms with E-state index in [4.69, 9.17) is 0 Å². The van der Waals surface area contributed by atoms with Gasteiger partial charge in [0, 0.05) is 6.20 Å². The Labute approximate surface area is 58.8 Å². The Morgan fingerprint density at radius 2 is 2.20 bits per heavy atom. The number of H-pyrrole nitrogens is 2. The molecule has 1 aromatic rings. The highest BCUT2D eigenvalue weighted by atomic mass is 32.2. The van der Waals surface area contributed by atoms with Gasteiger partial charge in [-0.2, -0.15) is 3.89 Å². The lowest BCUT2D eigenvalue weighted by atomic mass is 10.7. The molecule has 0 saturated heterocycles. The lowest BCUT2D eigenvalue weighted by Gasteiger charge is -1.86. The van der Waals surface area contributed by atoms with E-state index in [-0.39, 0.29) is 17.0 Å². The summed E-state index contributed by atoms with van der Waals surface area (Å²) in [6.45, 7) is 0. The normalized spacial score (nSPS) is 9.70. The SMILES string of the molecule is O=c1[nH]cc(SF)c(=O)[nH]1. The molecule has 2 N–H and O–H groups in total. The first-order valence-electron chi connectivity index (χ1n) is 2.34. The van der Waals surface area contributed by atoms with Crippen molar-refractivity contribution in [1.29, 1.82) is 0 Å². The molecule has 0 aliphatic carbocycles. The van der Waals surface area contributed by atoms with Crippen LogP contribution in [-0.2, 0) is 0 Å². The smallest absolute Gasteiger partial charge is 0.313 e. The lowest BCUT2D eigenvalue weighted by Crippen LogP contribution is -2.21. The highest BCUT2D eigenvalue weighted by Crippen LogP contribution is 2.09. The number of hydrogen-bond donors (Lipinski definition) is 2. The summed E-state index contributed by atoms with van der Waals surface area (Å²) < 4.78 is 11.7. The van der Waals surface area contributed by atoms with Gasteiger partial charge in [-0.1, -0.05) is 0 Å². The first-order chi connectivity index (χ1) is 4.74. The molecule has 0 radical (unpaired) electrons. The zero-order valence-electron chi connectivity index (χ0n) is 4.68. The monoisotopic (exact) mass is 162 g/mol. The molecule has 1 aromatic heterocycles. The lowest BCUT2D eigenvalue weighted by molar-refractivity contribution is 0.908. The van der Waals surface area contributed by atoms with E-state index in [9.17, 15) is 13.5 Å². The highest BCUT2D eigenvalue weighted by molar-refractivity contribution is 7.94. The molecule has 0 aromatic carbocycles. The van der Waals surface area contributed by atoms with Gasteiger partial charge in [-0.05, 0) is 0 Å². The number of hydrogen-bond acceptors (Lipinski definition) is 3. The molecule has 0 unspecified atom stereocenters. The number of aromatic nitrogens is 2. The minimum atomic E-state index is -0.712. The number of aromatic amines is 2. The van der Waals surface area contributed by atoms with Crippen LogP contribution in [0.15, 0.2) is 20.7 Å². The van der Waals surface area contributed by atoms with Gasteiger partial charge in [0.05, 0.1) is 12.1 Å². The third-order valence-corrected chi connectivity index (χ3v) is 1.34.